The lowest BCUT2D eigenvalue weighted by atomic mass is 10.1. The fourth-order valence-electron chi connectivity index (χ4n) is 1.99. The van der Waals surface area contributed by atoms with Gasteiger partial charge in [0.15, 0.2) is 0 Å². The van der Waals surface area contributed by atoms with Crippen molar-refractivity contribution in [3.8, 4) is 0 Å². The van der Waals surface area contributed by atoms with Crippen LogP contribution >= 0.6 is 11.6 Å². The number of hydrogen-bond donors (Lipinski definition) is 2. The molecule has 112 valence electrons. The van der Waals surface area contributed by atoms with Gasteiger partial charge in [0.1, 0.15) is 0 Å². The fourth-order valence-corrected chi connectivity index (χ4v) is 3.26. The molecule has 0 bridgehead atoms. The minimum Gasteiger partial charge on any atom is -0.397 e. The fraction of sp³-hybridized carbons (Fsp3) is 0.200. The second kappa shape index (κ2) is 5.95. The number of rotatable bonds is 4. The monoisotopic (exact) mass is 324 g/mol. The average molecular weight is 325 g/mol. The number of aryl methyl sites for hydroxylation is 2. The van der Waals surface area contributed by atoms with Gasteiger partial charge in [0.2, 0.25) is 0 Å². The topological polar surface area (TPSA) is 72.2 Å². The van der Waals surface area contributed by atoms with Crippen LogP contribution in [0.4, 0.5) is 11.4 Å². The summed E-state index contributed by atoms with van der Waals surface area (Å²) in [6.07, 6.45) is 0.836. The SMILES string of the molecule is CCc1cccc(NS(=O)(=O)c2cc(C)c(Cl)c(N)c2)c1. The largest absolute Gasteiger partial charge is 0.397 e. The van der Waals surface area contributed by atoms with Crippen molar-refractivity contribution >= 4 is 33.0 Å². The molecule has 2 rings (SSSR count). The molecule has 2 aromatic rings. The molecule has 0 amide bonds. The third kappa shape index (κ3) is 3.49. The van der Waals surface area contributed by atoms with Gasteiger partial charge in [0.25, 0.3) is 10.0 Å². The third-order valence-electron chi connectivity index (χ3n) is 3.15. The maximum absolute atomic E-state index is 12.4. The van der Waals surface area contributed by atoms with Crippen molar-refractivity contribution < 1.29 is 8.42 Å². The summed E-state index contributed by atoms with van der Waals surface area (Å²) in [7, 11) is -3.69. The van der Waals surface area contributed by atoms with Gasteiger partial charge in [-0.1, -0.05) is 30.7 Å². The number of nitrogens with two attached hydrogens (primary N) is 1. The molecule has 0 saturated carbocycles. The van der Waals surface area contributed by atoms with Crippen molar-refractivity contribution in [2.24, 2.45) is 0 Å². The minimum atomic E-state index is -3.69. The smallest absolute Gasteiger partial charge is 0.261 e. The van der Waals surface area contributed by atoms with E-state index in [2.05, 4.69) is 4.72 Å². The van der Waals surface area contributed by atoms with Gasteiger partial charge >= 0.3 is 0 Å². The number of nitrogens with one attached hydrogen (secondary N) is 1. The first-order chi connectivity index (χ1) is 9.83. The molecular formula is C15H17ClN2O2S. The summed E-state index contributed by atoms with van der Waals surface area (Å²) in [6, 6.07) is 10.2. The summed E-state index contributed by atoms with van der Waals surface area (Å²) < 4.78 is 27.4. The molecule has 0 saturated heterocycles. The lowest BCUT2D eigenvalue weighted by Crippen LogP contribution is -2.13. The standard InChI is InChI=1S/C15H17ClN2O2S/c1-3-11-5-4-6-12(8-11)18-21(19,20)13-7-10(2)15(16)14(17)9-13/h4-9,18H,3,17H2,1-2H3. The Morgan fingerprint density at radius 3 is 2.57 bits per heavy atom. The van der Waals surface area contributed by atoms with Gasteiger partial charge in [-0.2, -0.15) is 0 Å². The summed E-state index contributed by atoms with van der Waals surface area (Å²) in [5, 5.41) is 0.377. The van der Waals surface area contributed by atoms with E-state index in [9.17, 15) is 8.42 Å². The molecule has 2 aromatic carbocycles. The van der Waals surface area contributed by atoms with Crippen LogP contribution in [0.3, 0.4) is 0 Å². The van der Waals surface area contributed by atoms with Gasteiger partial charge in [-0.05, 0) is 48.7 Å². The molecule has 0 aliphatic rings. The molecule has 0 atom stereocenters. The number of sulfonamides is 1. The second-order valence-corrected chi connectivity index (χ2v) is 6.86. The van der Waals surface area contributed by atoms with Crippen LogP contribution in [-0.2, 0) is 16.4 Å². The first kappa shape index (κ1) is 15.7. The summed E-state index contributed by atoms with van der Waals surface area (Å²) in [4.78, 5) is 0.101. The van der Waals surface area contributed by atoms with Gasteiger partial charge in [0, 0.05) is 5.69 Å². The van der Waals surface area contributed by atoms with Crippen molar-refractivity contribution in [3.05, 3.63) is 52.5 Å². The number of halogens is 1. The third-order valence-corrected chi connectivity index (χ3v) is 5.03. The van der Waals surface area contributed by atoms with E-state index in [4.69, 9.17) is 17.3 Å². The quantitative estimate of drug-likeness (QED) is 0.844. The van der Waals surface area contributed by atoms with Gasteiger partial charge in [-0.15, -0.1) is 0 Å². The minimum absolute atomic E-state index is 0.101. The Morgan fingerprint density at radius 2 is 1.95 bits per heavy atom. The van der Waals surface area contributed by atoms with Crippen LogP contribution in [0.25, 0.3) is 0 Å². The first-order valence-electron chi connectivity index (χ1n) is 6.51. The van der Waals surface area contributed by atoms with E-state index < -0.39 is 10.0 Å². The number of anilines is 2. The van der Waals surface area contributed by atoms with Gasteiger partial charge in [0.05, 0.1) is 15.6 Å². The van der Waals surface area contributed by atoms with Crippen molar-refractivity contribution in [3.63, 3.8) is 0 Å². The van der Waals surface area contributed by atoms with Crippen LogP contribution < -0.4 is 10.5 Å². The molecule has 6 heteroatoms. The Hall–Kier alpha value is -1.72. The summed E-state index contributed by atoms with van der Waals surface area (Å²) in [5.74, 6) is 0. The van der Waals surface area contributed by atoms with E-state index >= 15 is 0 Å². The van der Waals surface area contributed by atoms with E-state index in [1.54, 1.807) is 13.0 Å². The van der Waals surface area contributed by atoms with Crippen LogP contribution in [0.15, 0.2) is 41.3 Å². The molecule has 21 heavy (non-hydrogen) atoms. The highest BCUT2D eigenvalue weighted by molar-refractivity contribution is 7.92. The number of benzene rings is 2. The van der Waals surface area contributed by atoms with Crippen LogP contribution in [-0.4, -0.2) is 8.42 Å². The summed E-state index contributed by atoms with van der Waals surface area (Å²) in [6.45, 7) is 3.73. The molecule has 4 nitrogen and oxygen atoms in total. The van der Waals surface area contributed by atoms with E-state index in [0.29, 0.717) is 16.3 Å². The first-order valence-corrected chi connectivity index (χ1v) is 8.37. The molecule has 0 aromatic heterocycles. The molecular weight excluding hydrogens is 308 g/mol. The summed E-state index contributed by atoms with van der Waals surface area (Å²) in [5.41, 5.74) is 8.19. The highest BCUT2D eigenvalue weighted by Gasteiger charge is 2.17. The van der Waals surface area contributed by atoms with E-state index in [1.807, 2.05) is 25.1 Å². The maximum atomic E-state index is 12.4. The Labute approximate surface area is 130 Å². The van der Waals surface area contributed by atoms with Gasteiger partial charge in [-0.3, -0.25) is 4.72 Å². The second-order valence-electron chi connectivity index (χ2n) is 4.80. The zero-order valence-electron chi connectivity index (χ0n) is 11.9. The van der Waals surface area contributed by atoms with Crippen molar-refractivity contribution in [1.82, 2.24) is 0 Å². The van der Waals surface area contributed by atoms with Crippen LogP contribution in [0.1, 0.15) is 18.1 Å². The molecule has 0 aliphatic carbocycles. The number of nitrogen functional groups attached to an aromatic ring is 1. The predicted octanol–water partition coefficient (Wildman–Crippen LogP) is 3.59. The van der Waals surface area contributed by atoms with Crippen LogP contribution in [0.2, 0.25) is 5.02 Å². The Bertz CT molecular complexity index is 750. The van der Waals surface area contributed by atoms with Crippen molar-refractivity contribution in [2.45, 2.75) is 25.2 Å². The molecule has 0 fully saturated rings. The Kier molecular flexibility index (Phi) is 4.44. The Balaban J connectivity index is 2.38. The van der Waals surface area contributed by atoms with Gasteiger partial charge < -0.3 is 5.73 Å². The summed E-state index contributed by atoms with van der Waals surface area (Å²) >= 11 is 5.96. The van der Waals surface area contributed by atoms with E-state index in [1.165, 1.54) is 12.1 Å². The Morgan fingerprint density at radius 1 is 1.24 bits per heavy atom. The lowest BCUT2D eigenvalue weighted by molar-refractivity contribution is 0.601. The molecule has 0 unspecified atom stereocenters. The molecule has 0 aliphatic heterocycles. The zero-order valence-corrected chi connectivity index (χ0v) is 13.4. The zero-order chi connectivity index (χ0) is 15.6. The normalized spacial score (nSPS) is 11.4. The highest BCUT2D eigenvalue weighted by Crippen LogP contribution is 2.28. The highest BCUT2D eigenvalue weighted by atomic mass is 35.5. The van der Waals surface area contributed by atoms with E-state index in [-0.39, 0.29) is 10.6 Å². The average Bonchev–Trinajstić information content (AvgIpc) is 2.44. The lowest BCUT2D eigenvalue weighted by Gasteiger charge is -2.11. The molecule has 0 radical (unpaired) electrons. The van der Waals surface area contributed by atoms with Crippen molar-refractivity contribution in [2.75, 3.05) is 10.5 Å². The van der Waals surface area contributed by atoms with Crippen LogP contribution in [0, 0.1) is 6.92 Å². The molecule has 0 spiro atoms. The maximum Gasteiger partial charge on any atom is 0.261 e. The van der Waals surface area contributed by atoms with Crippen LogP contribution in [0.5, 0.6) is 0 Å². The van der Waals surface area contributed by atoms with E-state index in [0.717, 1.165) is 12.0 Å². The number of hydrogen-bond acceptors (Lipinski definition) is 3. The molecule has 3 N–H and O–H groups in total. The van der Waals surface area contributed by atoms with Crippen molar-refractivity contribution in [1.29, 1.82) is 0 Å². The molecule has 0 heterocycles. The predicted molar refractivity (Wildman–Crippen MR) is 87.2 cm³/mol. The van der Waals surface area contributed by atoms with Gasteiger partial charge in [-0.25, -0.2) is 8.42 Å².